The van der Waals surface area contributed by atoms with Gasteiger partial charge in [0.25, 0.3) is 0 Å². The summed E-state index contributed by atoms with van der Waals surface area (Å²) in [6.07, 6.45) is 4.69. The molecule has 0 amide bonds. The summed E-state index contributed by atoms with van der Waals surface area (Å²) in [5.74, 6) is 8.35. The van der Waals surface area contributed by atoms with Crippen LogP contribution in [-0.4, -0.2) is 57.7 Å². The number of rotatable bonds is 6. The maximum absolute atomic E-state index is 5.59. The SMILES string of the molecule is CCc1nccn1Cc1cc(-c2ccc(C#Cc3ccc(CN4CCN(C)CC4)cc3)cc2)on1. The lowest BCUT2D eigenvalue weighted by atomic mass is 10.1. The van der Waals surface area contributed by atoms with Gasteiger partial charge in [-0.15, -0.1) is 0 Å². The molecule has 1 aliphatic rings. The number of hydrogen-bond acceptors (Lipinski definition) is 5. The molecule has 1 saturated heterocycles. The first-order valence-electron chi connectivity index (χ1n) is 12.2. The van der Waals surface area contributed by atoms with Gasteiger partial charge in [-0.05, 0) is 49.0 Å². The van der Waals surface area contributed by atoms with Gasteiger partial charge in [-0.1, -0.05) is 36.1 Å². The van der Waals surface area contributed by atoms with E-state index in [0.717, 1.165) is 73.1 Å². The van der Waals surface area contributed by atoms with Crippen LogP contribution in [0, 0.1) is 11.8 Å². The average molecular weight is 466 g/mol. The molecular formula is C29H31N5O. The molecule has 4 aromatic rings. The maximum atomic E-state index is 5.59. The normalized spacial score (nSPS) is 14.6. The van der Waals surface area contributed by atoms with Crippen LogP contribution in [0.3, 0.4) is 0 Å². The van der Waals surface area contributed by atoms with Crippen molar-refractivity contribution in [2.24, 2.45) is 0 Å². The highest BCUT2D eigenvalue weighted by Gasteiger charge is 2.13. The van der Waals surface area contributed by atoms with Gasteiger partial charge in [0, 0.05) is 74.3 Å². The van der Waals surface area contributed by atoms with Crippen LogP contribution in [0.25, 0.3) is 11.3 Å². The molecule has 0 radical (unpaired) electrons. The molecule has 1 fully saturated rings. The standard InChI is InChI=1S/C29H31N5O/c1-3-29-30-14-15-34(29)22-27-20-28(35-31-27)26-12-10-24(11-13-26)5-4-23-6-8-25(9-7-23)21-33-18-16-32(2)17-19-33/h6-15,20H,3,16-19,21-22H2,1-2H3. The Kier molecular flexibility index (Phi) is 7.08. The molecule has 5 rings (SSSR count). The molecule has 0 spiro atoms. The fourth-order valence-electron chi connectivity index (χ4n) is 4.32. The van der Waals surface area contributed by atoms with Gasteiger partial charge >= 0.3 is 0 Å². The van der Waals surface area contributed by atoms with Crippen molar-refractivity contribution in [1.29, 1.82) is 0 Å². The summed E-state index contributed by atoms with van der Waals surface area (Å²) in [5.41, 5.74) is 5.22. The zero-order chi connectivity index (χ0) is 24.0. The van der Waals surface area contributed by atoms with E-state index < -0.39 is 0 Å². The quantitative estimate of drug-likeness (QED) is 0.398. The van der Waals surface area contributed by atoms with E-state index in [-0.39, 0.29) is 0 Å². The minimum atomic E-state index is 0.657. The van der Waals surface area contributed by atoms with Crippen molar-refractivity contribution in [2.75, 3.05) is 33.2 Å². The van der Waals surface area contributed by atoms with Gasteiger partial charge in [-0.3, -0.25) is 4.90 Å². The molecule has 1 aliphatic heterocycles. The van der Waals surface area contributed by atoms with Crippen LogP contribution in [-0.2, 0) is 19.5 Å². The van der Waals surface area contributed by atoms with Crippen molar-refractivity contribution in [3.8, 4) is 23.2 Å². The highest BCUT2D eigenvalue weighted by Crippen LogP contribution is 2.21. The Hall–Kier alpha value is -3.66. The van der Waals surface area contributed by atoms with Crippen molar-refractivity contribution in [2.45, 2.75) is 26.4 Å². The zero-order valence-electron chi connectivity index (χ0n) is 20.4. The van der Waals surface area contributed by atoms with Gasteiger partial charge in [-0.2, -0.15) is 0 Å². The molecule has 0 N–H and O–H groups in total. The number of benzene rings is 2. The molecule has 2 aromatic carbocycles. The number of likely N-dealkylation sites (N-methyl/N-ethyl adjacent to an activating group) is 1. The zero-order valence-corrected chi connectivity index (χ0v) is 20.4. The second-order valence-electron chi connectivity index (χ2n) is 9.11. The van der Waals surface area contributed by atoms with E-state index in [0.29, 0.717) is 6.54 Å². The predicted octanol–water partition coefficient (Wildman–Crippen LogP) is 4.30. The largest absolute Gasteiger partial charge is 0.356 e. The van der Waals surface area contributed by atoms with E-state index >= 15 is 0 Å². The molecule has 3 heterocycles. The fourth-order valence-corrected chi connectivity index (χ4v) is 4.32. The molecule has 0 atom stereocenters. The minimum Gasteiger partial charge on any atom is -0.356 e. The van der Waals surface area contributed by atoms with E-state index in [1.54, 1.807) is 0 Å². The molecule has 0 bridgehead atoms. The van der Waals surface area contributed by atoms with Crippen LogP contribution in [0.4, 0.5) is 0 Å². The van der Waals surface area contributed by atoms with E-state index in [2.05, 4.69) is 74.6 Å². The van der Waals surface area contributed by atoms with Crippen LogP contribution < -0.4 is 0 Å². The van der Waals surface area contributed by atoms with Gasteiger partial charge in [0.1, 0.15) is 11.5 Å². The predicted molar refractivity (Wildman–Crippen MR) is 138 cm³/mol. The van der Waals surface area contributed by atoms with Crippen molar-refractivity contribution in [1.82, 2.24) is 24.5 Å². The van der Waals surface area contributed by atoms with Crippen LogP contribution in [0.2, 0.25) is 0 Å². The number of nitrogens with zero attached hydrogens (tertiary/aromatic N) is 5. The smallest absolute Gasteiger partial charge is 0.167 e. The minimum absolute atomic E-state index is 0.657. The fraction of sp³-hybridized carbons (Fsp3) is 0.310. The Balaban J connectivity index is 1.19. The molecule has 6 nitrogen and oxygen atoms in total. The third kappa shape index (κ3) is 5.89. The second-order valence-corrected chi connectivity index (χ2v) is 9.11. The van der Waals surface area contributed by atoms with Crippen LogP contribution in [0.15, 0.2) is 71.5 Å². The molecule has 178 valence electrons. The van der Waals surface area contributed by atoms with Gasteiger partial charge in [0.05, 0.1) is 6.54 Å². The lowest BCUT2D eigenvalue weighted by molar-refractivity contribution is 0.148. The molecule has 6 heteroatoms. The number of hydrogen-bond donors (Lipinski definition) is 0. The highest BCUT2D eigenvalue weighted by molar-refractivity contribution is 5.59. The molecule has 2 aromatic heterocycles. The number of imidazole rings is 1. The third-order valence-corrected chi connectivity index (χ3v) is 6.49. The van der Waals surface area contributed by atoms with E-state index in [4.69, 9.17) is 4.52 Å². The van der Waals surface area contributed by atoms with Crippen molar-refractivity contribution >= 4 is 0 Å². The van der Waals surface area contributed by atoms with Gasteiger partial charge in [0.2, 0.25) is 0 Å². The molecule has 0 unspecified atom stereocenters. The molecule has 35 heavy (non-hydrogen) atoms. The number of aromatic nitrogens is 3. The third-order valence-electron chi connectivity index (χ3n) is 6.49. The summed E-state index contributed by atoms with van der Waals surface area (Å²) in [4.78, 5) is 9.26. The van der Waals surface area contributed by atoms with Crippen LogP contribution in [0.5, 0.6) is 0 Å². The van der Waals surface area contributed by atoms with Crippen molar-refractivity contribution in [3.63, 3.8) is 0 Å². The van der Waals surface area contributed by atoms with Crippen LogP contribution in [0.1, 0.15) is 35.1 Å². The Morgan fingerprint density at radius 1 is 0.886 bits per heavy atom. The molecular weight excluding hydrogens is 434 g/mol. The summed E-state index contributed by atoms with van der Waals surface area (Å²) in [6, 6.07) is 18.7. The highest BCUT2D eigenvalue weighted by atomic mass is 16.5. The van der Waals surface area contributed by atoms with E-state index in [1.165, 1.54) is 5.56 Å². The molecule has 0 saturated carbocycles. The topological polar surface area (TPSA) is 50.3 Å². The monoisotopic (exact) mass is 465 g/mol. The first-order chi connectivity index (χ1) is 17.2. The Labute approximate surface area is 207 Å². The van der Waals surface area contributed by atoms with E-state index in [9.17, 15) is 0 Å². The maximum Gasteiger partial charge on any atom is 0.167 e. The van der Waals surface area contributed by atoms with Gasteiger partial charge < -0.3 is 14.0 Å². The summed E-state index contributed by atoms with van der Waals surface area (Å²) < 4.78 is 7.68. The van der Waals surface area contributed by atoms with Gasteiger partial charge in [-0.25, -0.2) is 4.98 Å². The Morgan fingerprint density at radius 2 is 1.57 bits per heavy atom. The van der Waals surface area contributed by atoms with E-state index in [1.807, 2.05) is 42.7 Å². The lowest BCUT2D eigenvalue weighted by Gasteiger charge is -2.32. The Bertz CT molecular complexity index is 1300. The summed E-state index contributed by atoms with van der Waals surface area (Å²) in [7, 11) is 2.19. The molecule has 0 aliphatic carbocycles. The van der Waals surface area contributed by atoms with Crippen LogP contribution >= 0.6 is 0 Å². The number of piperazine rings is 1. The summed E-state index contributed by atoms with van der Waals surface area (Å²) in [6.45, 7) is 8.32. The van der Waals surface area contributed by atoms with Crippen molar-refractivity contribution < 1.29 is 4.52 Å². The average Bonchev–Trinajstić information content (AvgIpc) is 3.55. The first kappa shape index (κ1) is 23.1. The first-order valence-corrected chi connectivity index (χ1v) is 12.2. The van der Waals surface area contributed by atoms with Gasteiger partial charge in [0.15, 0.2) is 5.76 Å². The summed E-state index contributed by atoms with van der Waals surface area (Å²) in [5, 5.41) is 4.23. The van der Waals surface area contributed by atoms with Crippen molar-refractivity contribution in [3.05, 3.63) is 95.2 Å². The Morgan fingerprint density at radius 3 is 2.26 bits per heavy atom. The second kappa shape index (κ2) is 10.7. The summed E-state index contributed by atoms with van der Waals surface area (Å²) >= 11 is 0. The lowest BCUT2D eigenvalue weighted by Crippen LogP contribution is -2.43. The number of aryl methyl sites for hydroxylation is 1.